The first-order valence-corrected chi connectivity index (χ1v) is 6.95. The van der Waals surface area contributed by atoms with Crippen LogP contribution in [0.1, 0.15) is 15.9 Å². The van der Waals surface area contributed by atoms with E-state index in [2.05, 4.69) is 10.6 Å². The number of nitrogens with one attached hydrogen (secondary N) is 2. The predicted molar refractivity (Wildman–Crippen MR) is 83.6 cm³/mol. The van der Waals surface area contributed by atoms with E-state index in [9.17, 15) is 9.18 Å². The zero-order valence-corrected chi connectivity index (χ0v) is 12.7. The van der Waals surface area contributed by atoms with Gasteiger partial charge < -0.3 is 10.6 Å². The fourth-order valence-corrected chi connectivity index (χ4v) is 2.29. The zero-order valence-electron chi connectivity index (χ0n) is 11.2. The number of hydrogen-bond acceptors (Lipinski definition) is 2. The van der Waals surface area contributed by atoms with E-state index < -0.39 is 5.82 Å². The fourth-order valence-electron chi connectivity index (χ4n) is 1.86. The van der Waals surface area contributed by atoms with Gasteiger partial charge in [0.15, 0.2) is 0 Å². The Morgan fingerprint density at radius 2 is 1.95 bits per heavy atom. The molecule has 0 radical (unpaired) electrons. The van der Waals surface area contributed by atoms with Crippen molar-refractivity contribution >= 4 is 34.8 Å². The summed E-state index contributed by atoms with van der Waals surface area (Å²) < 4.78 is 13.3. The van der Waals surface area contributed by atoms with E-state index in [4.69, 9.17) is 23.2 Å². The topological polar surface area (TPSA) is 41.1 Å². The molecule has 0 bridgehead atoms. The van der Waals surface area contributed by atoms with E-state index in [1.807, 2.05) is 0 Å². The number of carbonyl (C=O) groups is 1. The first-order chi connectivity index (χ1) is 9.99. The molecule has 0 heterocycles. The molecule has 3 nitrogen and oxygen atoms in total. The molecule has 2 N–H and O–H groups in total. The smallest absolute Gasteiger partial charge is 0.251 e. The highest BCUT2D eigenvalue weighted by atomic mass is 35.5. The largest absolute Gasteiger partial charge is 0.380 e. The van der Waals surface area contributed by atoms with Crippen LogP contribution in [0.25, 0.3) is 0 Å². The molecule has 0 aliphatic heterocycles. The molecule has 1 amide bonds. The summed E-state index contributed by atoms with van der Waals surface area (Å²) in [6.45, 7) is 0.342. The molecule has 2 aromatic rings. The fraction of sp³-hybridized carbons (Fsp3) is 0.133. The second kappa shape index (κ2) is 6.78. The van der Waals surface area contributed by atoms with Gasteiger partial charge in [0.1, 0.15) is 5.82 Å². The minimum absolute atomic E-state index is 0.205. The van der Waals surface area contributed by atoms with Crippen LogP contribution < -0.4 is 10.6 Å². The lowest BCUT2D eigenvalue weighted by Gasteiger charge is -2.10. The highest BCUT2D eigenvalue weighted by Crippen LogP contribution is 2.24. The van der Waals surface area contributed by atoms with Crippen molar-refractivity contribution in [3.05, 3.63) is 63.4 Å². The van der Waals surface area contributed by atoms with Gasteiger partial charge in [-0.15, -0.1) is 0 Å². The molecular weight excluding hydrogens is 314 g/mol. The van der Waals surface area contributed by atoms with Crippen LogP contribution in [0.15, 0.2) is 36.4 Å². The van der Waals surface area contributed by atoms with E-state index in [0.29, 0.717) is 33.4 Å². The van der Waals surface area contributed by atoms with Gasteiger partial charge >= 0.3 is 0 Å². The molecule has 2 aromatic carbocycles. The molecular formula is C15H13Cl2FN2O. The highest BCUT2D eigenvalue weighted by Gasteiger charge is 2.08. The van der Waals surface area contributed by atoms with Crippen molar-refractivity contribution in [1.29, 1.82) is 0 Å². The van der Waals surface area contributed by atoms with Gasteiger partial charge in [-0.3, -0.25) is 4.79 Å². The van der Waals surface area contributed by atoms with Crippen LogP contribution in [0.5, 0.6) is 0 Å². The molecule has 0 saturated heterocycles. The molecule has 0 saturated carbocycles. The molecule has 21 heavy (non-hydrogen) atoms. The molecule has 0 aliphatic rings. The minimum Gasteiger partial charge on any atom is -0.380 e. The number of halogens is 3. The van der Waals surface area contributed by atoms with Gasteiger partial charge in [-0.1, -0.05) is 23.2 Å². The minimum atomic E-state index is -0.399. The van der Waals surface area contributed by atoms with Gasteiger partial charge in [0, 0.05) is 24.2 Å². The SMILES string of the molecule is CNC(=O)c1ccc(Cl)c(NCc2cc(F)cc(Cl)c2)c1. The summed E-state index contributed by atoms with van der Waals surface area (Å²) in [6.07, 6.45) is 0. The lowest BCUT2D eigenvalue weighted by molar-refractivity contribution is 0.0963. The molecule has 0 aliphatic carbocycles. The summed E-state index contributed by atoms with van der Waals surface area (Å²) in [5, 5.41) is 6.41. The highest BCUT2D eigenvalue weighted by molar-refractivity contribution is 6.33. The van der Waals surface area contributed by atoms with E-state index in [1.165, 1.54) is 12.1 Å². The normalized spacial score (nSPS) is 10.3. The number of carbonyl (C=O) groups excluding carboxylic acids is 1. The third-order valence-corrected chi connectivity index (χ3v) is 3.41. The van der Waals surface area contributed by atoms with Crippen molar-refractivity contribution in [2.75, 3.05) is 12.4 Å². The van der Waals surface area contributed by atoms with Crippen LogP contribution in [0.3, 0.4) is 0 Å². The molecule has 0 spiro atoms. The number of anilines is 1. The van der Waals surface area contributed by atoms with Gasteiger partial charge in [-0.2, -0.15) is 0 Å². The van der Waals surface area contributed by atoms with Gasteiger partial charge in [0.05, 0.1) is 10.7 Å². The van der Waals surface area contributed by atoms with Crippen molar-refractivity contribution in [3.63, 3.8) is 0 Å². The van der Waals surface area contributed by atoms with Crippen LogP contribution in [0.2, 0.25) is 10.0 Å². The maximum Gasteiger partial charge on any atom is 0.251 e. The summed E-state index contributed by atoms with van der Waals surface area (Å²) in [7, 11) is 1.55. The second-order valence-corrected chi connectivity index (χ2v) is 5.25. The number of amides is 1. The van der Waals surface area contributed by atoms with Crippen molar-refractivity contribution in [1.82, 2.24) is 5.32 Å². The lowest BCUT2D eigenvalue weighted by atomic mass is 10.1. The average molecular weight is 327 g/mol. The van der Waals surface area contributed by atoms with Crippen molar-refractivity contribution in [2.45, 2.75) is 6.54 Å². The number of benzene rings is 2. The first-order valence-electron chi connectivity index (χ1n) is 6.20. The third kappa shape index (κ3) is 4.09. The summed E-state index contributed by atoms with van der Waals surface area (Å²) in [5.41, 5.74) is 1.77. The molecule has 0 atom stereocenters. The summed E-state index contributed by atoms with van der Waals surface area (Å²) >= 11 is 11.9. The van der Waals surface area contributed by atoms with Crippen LogP contribution in [0.4, 0.5) is 10.1 Å². The maximum atomic E-state index is 13.3. The Morgan fingerprint density at radius 1 is 1.19 bits per heavy atom. The monoisotopic (exact) mass is 326 g/mol. The average Bonchev–Trinajstić information content (AvgIpc) is 2.44. The van der Waals surface area contributed by atoms with Gasteiger partial charge in [0.2, 0.25) is 0 Å². The van der Waals surface area contributed by atoms with E-state index in [1.54, 1.807) is 31.3 Å². The van der Waals surface area contributed by atoms with Crippen molar-refractivity contribution in [3.8, 4) is 0 Å². The van der Waals surface area contributed by atoms with Crippen molar-refractivity contribution < 1.29 is 9.18 Å². The molecule has 110 valence electrons. The van der Waals surface area contributed by atoms with Gasteiger partial charge in [-0.25, -0.2) is 4.39 Å². The quantitative estimate of drug-likeness (QED) is 0.887. The number of hydrogen-bond donors (Lipinski definition) is 2. The zero-order chi connectivity index (χ0) is 15.4. The van der Waals surface area contributed by atoms with E-state index >= 15 is 0 Å². The first kappa shape index (κ1) is 15.6. The van der Waals surface area contributed by atoms with Crippen LogP contribution >= 0.6 is 23.2 Å². The second-order valence-electron chi connectivity index (χ2n) is 4.40. The lowest BCUT2D eigenvalue weighted by Crippen LogP contribution is -2.17. The molecule has 0 unspecified atom stereocenters. The summed E-state index contributed by atoms with van der Waals surface area (Å²) in [5.74, 6) is -0.604. The molecule has 0 fully saturated rings. The summed E-state index contributed by atoms with van der Waals surface area (Å²) in [4.78, 5) is 11.6. The maximum absolute atomic E-state index is 13.3. The third-order valence-electron chi connectivity index (χ3n) is 2.86. The van der Waals surface area contributed by atoms with Crippen molar-refractivity contribution in [2.24, 2.45) is 0 Å². The van der Waals surface area contributed by atoms with E-state index in [0.717, 1.165) is 0 Å². The Bertz CT molecular complexity index is 656. The Kier molecular flexibility index (Phi) is 5.04. The molecule has 6 heteroatoms. The molecule has 2 rings (SSSR count). The Balaban J connectivity index is 2.17. The number of rotatable bonds is 4. The standard InChI is InChI=1S/C15H13Cl2FN2O/c1-19-15(21)10-2-3-13(17)14(6-10)20-8-9-4-11(16)7-12(18)5-9/h2-7,20H,8H2,1H3,(H,19,21). The summed E-state index contributed by atoms with van der Waals surface area (Å²) in [6, 6.07) is 9.19. The van der Waals surface area contributed by atoms with Crippen LogP contribution in [-0.2, 0) is 6.54 Å². The Hall–Kier alpha value is -1.78. The molecule has 0 aromatic heterocycles. The van der Waals surface area contributed by atoms with Crippen LogP contribution in [0, 0.1) is 5.82 Å². The van der Waals surface area contributed by atoms with Gasteiger partial charge in [0.25, 0.3) is 5.91 Å². The van der Waals surface area contributed by atoms with Gasteiger partial charge in [-0.05, 0) is 42.0 Å². The predicted octanol–water partition coefficient (Wildman–Crippen LogP) is 4.10. The Labute approximate surface area is 132 Å². The Morgan fingerprint density at radius 3 is 2.62 bits per heavy atom. The van der Waals surface area contributed by atoms with Crippen LogP contribution in [-0.4, -0.2) is 13.0 Å². The van der Waals surface area contributed by atoms with E-state index in [-0.39, 0.29) is 5.91 Å².